The number of fused-ring (bicyclic) bond motifs is 1. The zero-order valence-electron chi connectivity index (χ0n) is 9.92. The Morgan fingerprint density at radius 1 is 1.11 bits per heavy atom. The maximum absolute atomic E-state index is 4.62. The first-order chi connectivity index (χ1) is 8.88. The molecule has 3 aromatic rings. The molecule has 18 heavy (non-hydrogen) atoms. The monoisotopic (exact) mass is 256 g/mol. The minimum absolute atomic E-state index is 0.810. The third-order valence-electron chi connectivity index (χ3n) is 2.67. The van der Waals surface area contributed by atoms with Crippen molar-refractivity contribution in [2.75, 3.05) is 11.9 Å². The normalized spacial score (nSPS) is 10.7. The summed E-state index contributed by atoms with van der Waals surface area (Å²) in [5.74, 6) is 0.810. The summed E-state index contributed by atoms with van der Waals surface area (Å²) >= 11 is 1.20. The Labute approximate surface area is 109 Å². The van der Waals surface area contributed by atoms with Gasteiger partial charge in [0.15, 0.2) is 5.82 Å². The second-order valence-corrected chi connectivity index (χ2v) is 4.41. The first-order valence-electron chi connectivity index (χ1n) is 5.81. The van der Waals surface area contributed by atoms with Crippen LogP contribution in [-0.2, 0) is 0 Å². The van der Waals surface area contributed by atoms with E-state index in [1.165, 1.54) is 11.7 Å². The Balaban J connectivity index is 2.10. The van der Waals surface area contributed by atoms with Crippen LogP contribution in [0.4, 0.5) is 5.82 Å². The van der Waals surface area contributed by atoms with Gasteiger partial charge in [-0.3, -0.25) is 0 Å². The van der Waals surface area contributed by atoms with Crippen LogP contribution in [0, 0.1) is 0 Å². The van der Waals surface area contributed by atoms with Gasteiger partial charge in [0.25, 0.3) is 0 Å². The second kappa shape index (κ2) is 4.70. The lowest BCUT2D eigenvalue weighted by atomic mass is 10.2. The van der Waals surface area contributed by atoms with Crippen LogP contribution in [0.15, 0.2) is 36.4 Å². The molecule has 0 atom stereocenters. The minimum Gasteiger partial charge on any atom is -0.368 e. The number of hydrogen-bond acceptors (Lipinski definition) is 5. The van der Waals surface area contributed by atoms with Crippen molar-refractivity contribution in [1.29, 1.82) is 0 Å². The molecule has 0 saturated carbocycles. The molecular weight excluding hydrogens is 244 g/mol. The number of para-hydroxylation sites is 1. The van der Waals surface area contributed by atoms with Crippen LogP contribution in [0.5, 0.6) is 0 Å². The summed E-state index contributed by atoms with van der Waals surface area (Å²) in [7, 11) is 0. The highest BCUT2D eigenvalue weighted by molar-refractivity contribution is 6.99. The quantitative estimate of drug-likeness (QED) is 0.782. The number of hydrogen-bond donors (Lipinski definition) is 1. The molecule has 0 fully saturated rings. The van der Waals surface area contributed by atoms with Crippen LogP contribution in [0.3, 0.4) is 0 Å². The molecule has 4 nitrogen and oxygen atoms in total. The average Bonchev–Trinajstić information content (AvgIpc) is 2.87. The fraction of sp³-hybridized carbons (Fsp3) is 0.154. The fourth-order valence-electron chi connectivity index (χ4n) is 1.84. The standard InChI is InChI=1S/C13H12N4S/c1-2-14-13-12(16-18-17-13)11-8-7-9-5-3-4-6-10(9)15-11/h3-8H,2H2,1H3,(H,14,17). The zero-order valence-corrected chi connectivity index (χ0v) is 10.7. The van der Waals surface area contributed by atoms with Gasteiger partial charge >= 0.3 is 0 Å². The lowest BCUT2D eigenvalue weighted by Crippen LogP contribution is -1.99. The highest BCUT2D eigenvalue weighted by Gasteiger charge is 2.11. The molecule has 0 aliphatic carbocycles. The number of benzene rings is 1. The molecule has 0 unspecified atom stereocenters. The zero-order chi connectivity index (χ0) is 12.4. The van der Waals surface area contributed by atoms with Gasteiger partial charge in [-0.2, -0.15) is 8.75 Å². The summed E-state index contributed by atoms with van der Waals surface area (Å²) in [5, 5.41) is 4.33. The van der Waals surface area contributed by atoms with Crippen molar-refractivity contribution in [2.24, 2.45) is 0 Å². The fourth-order valence-corrected chi connectivity index (χ4v) is 2.37. The maximum atomic E-state index is 4.62. The Kier molecular flexibility index (Phi) is 2.90. The predicted molar refractivity (Wildman–Crippen MR) is 74.8 cm³/mol. The summed E-state index contributed by atoms with van der Waals surface area (Å²) in [6, 6.07) is 12.1. The molecule has 0 aliphatic rings. The third-order valence-corrected chi connectivity index (χ3v) is 3.20. The summed E-state index contributed by atoms with van der Waals surface area (Å²) in [5.41, 5.74) is 2.66. The molecule has 2 heterocycles. The minimum atomic E-state index is 0.810. The lowest BCUT2D eigenvalue weighted by Gasteiger charge is -2.03. The van der Waals surface area contributed by atoms with Crippen molar-refractivity contribution in [1.82, 2.24) is 13.7 Å². The highest BCUT2D eigenvalue weighted by atomic mass is 32.1. The van der Waals surface area contributed by atoms with E-state index in [0.717, 1.165) is 34.7 Å². The van der Waals surface area contributed by atoms with Gasteiger partial charge in [-0.25, -0.2) is 4.98 Å². The summed E-state index contributed by atoms with van der Waals surface area (Å²) in [4.78, 5) is 4.62. The Morgan fingerprint density at radius 3 is 2.89 bits per heavy atom. The number of pyridine rings is 1. The van der Waals surface area contributed by atoms with E-state index in [-0.39, 0.29) is 0 Å². The lowest BCUT2D eigenvalue weighted by molar-refractivity contribution is 1.19. The molecule has 0 radical (unpaired) electrons. The van der Waals surface area contributed by atoms with E-state index in [2.05, 4.69) is 31.2 Å². The Morgan fingerprint density at radius 2 is 2.00 bits per heavy atom. The number of rotatable bonds is 3. The van der Waals surface area contributed by atoms with E-state index < -0.39 is 0 Å². The van der Waals surface area contributed by atoms with Gasteiger partial charge in [0, 0.05) is 11.9 Å². The van der Waals surface area contributed by atoms with Crippen molar-refractivity contribution >= 4 is 28.4 Å². The predicted octanol–water partition coefficient (Wildman–Crippen LogP) is 3.19. The van der Waals surface area contributed by atoms with E-state index in [1.807, 2.05) is 31.2 Å². The van der Waals surface area contributed by atoms with Crippen molar-refractivity contribution in [2.45, 2.75) is 6.92 Å². The largest absolute Gasteiger partial charge is 0.368 e. The first-order valence-corrected chi connectivity index (χ1v) is 6.54. The molecule has 5 heteroatoms. The molecule has 0 amide bonds. The van der Waals surface area contributed by atoms with Crippen LogP contribution < -0.4 is 5.32 Å². The molecular formula is C13H12N4S. The molecule has 3 rings (SSSR count). The van der Waals surface area contributed by atoms with Crippen LogP contribution in [0.1, 0.15) is 6.92 Å². The summed E-state index contributed by atoms with van der Waals surface area (Å²) in [6.07, 6.45) is 0. The number of aromatic nitrogens is 3. The SMILES string of the molecule is CCNc1nsnc1-c1ccc2ccccc2n1. The van der Waals surface area contributed by atoms with Gasteiger partial charge < -0.3 is 5.32 Å². The smallest absolute Gasteiger partial charge is 0.169 e. The summed E-state index contributed by atoms with van der Waals surface area (Å²) in [6.45, 7) is 2.86. The maximum Gasteiger partial charge on any atom is 0.169 e. The molecule has 1 N–H and O–H groups in total. The van der Waals surface area contributed by atoms with Crippen molar-refractivity contribution in [3.63, 3.8) is 0 Å². The highest BCUT2D eigenvalue weighted by Crippen LogP contribution is 2.25. The van der Waals surface area contributed by atoms with E-state index in [1.54, 1.807) is 0 Å². The van der Waals surface area contributed by atoms with Gasteiger partial charge in [0.2, 0.25) is 0 Å². The van der Waals surface area contributed by atoms with E-state index in [4.69, 9.17) is 0 Å². The van der Waals surface area contributed by atoms with E-state index in [9.17, 15) is 0 Å². The number of anilines is 1. The van der Waals surface area contributed by atoms with Crippen LogP contribution in [-0.4, -0.2) is 20.3 Å². The molecule has 0 bridgehead atoms. The van der Waals surface area contributed by atoms with Gasteiger partial charge in [-0.1, -0.05) is 24.3 Å². The van der Waals surface area contributed by atoms with E-state index in [0.29, 0.717) is 0 Å². The first kappa shape index (κ1) is 11.1. The number of nitrogens with zero attached hydrogens (tertiary/aromatic N) is 3. The molecule has 1 aromatic carbocycles. The Bertz CT molecular complexity index is 677. The van der Waals surface area contributed by atoms with Crippen molar-refractivity contribution in [3.8, 4) is 11.4 Å². The third kappa shape index (κ3) is 1.93. The molecule has 0 saturated heterocycles. The van der Waals surface area contributed by atoms with Crippen LogP contribution >= 0.6 is 11.7 Å². The van der Waals surface area contributed by atoms with Crippen molar-refractivity contribution in [3.05, 3.63) is 36.4 Å². The summed E-state index contributed by atoms with van der Waals surface area (Å²) < 4.78 is 8.56. The average molecular weight is 256 g/mol. The van der Waals surface area contributed by atoms with Crippen LogP contribution in [0.25, 0.3) is 22.3 Å². The Hall–Kier alpha value is -2.01. The molecule has 90 valence electrons. The number of nitrogens with one attached hydrogen (secondary N) is 1. The van der Waals surface area contributed by atoms with Crippen molar-refractivity contribution < 1.29 is 0 Å². The topological polar surface area (TPSA) is 50.7 Å². The van der Waals surface area contributed by atoms with Gasteiger partial charge in [0.05, 0.1) is 22.9 Å². The van der Waals surface area contributed by atoms with Gasteiger partial charge in [0.1, 0.15) is 5.69 Å². The van der Waals surface area contributed by atoms with Gasteiger partial charge in [-0.05, 0) is 19.1 Å². The molecule has 0 spiro atoms. The molecule has 0 aliphatic heterocycles. The van der Waals surface area contributed by atoms with Crippen LogP contribution in [0.2, 0.25) is 0 Å². The van der Waals surface area contributed by atoms with Gasteiger partial charge in [-0.15, -0.1) is 0 Å². The molecule has 2 aromatic heterocycles. The van der Waals surface area contributed by atoms with E-state index >= 15 is 0 Å². The second-order valence-electron chi connectivity index (χ2n) is 3.88.